The number of benzene rings is 6. The summed E-state index contributed by atoms with van der Waals surface area (Å²) < 4.78 is 6.63. The Morgan fingerprint density at radius 1 is 0.568 bits per heavy atom. The van der Waals surface area contributed by atoms with Crippen LogP contribution in [0.1, 0.15) is 25.3 Å². The predicted molar refractivity (Wildman–Crippen MR) is 158 cm³/mol. The van der Waals surface area contributed by atoms with E-state index in [-0.39, 0.29) is 0 Å². The highest BCUT2D eigenvalue weighted by Crippen LogP contribution is 2.42. The van der Waals surface area contributed by atoms with Crippen LogP contribution in [-0.4, -0.2) is 0 Å². The molecule has 0 bridgehead atoms. The molecule has 7 aromatic rings. The Balaban J connectivity index is 1.33. The zero-order valence-corrected chi connectivity index (χ0v) is 21.0. The molecule has 37 heavy (non-hydrogen) atoms. The van der Waals surface area contributed by atoms with E-state index >= 15 is 0 Å². The third-order valence-electron chi connectivity index (χ3n) is 7.39. The smallest absolute Gasteiger partial charge is 0.159 e. The Morgan fingerprint density at radius 3 is 2.08 bits per heavy atom. The van der Waals surface area contributed by atoms with E-state index in [0.717, 1.165) is 22.5 Å². The summed E-state index contributed by atoms with van der Waals surface area (Å²) in [4.78, 5) is 0. The number of hydrogen-bond acceptors (Lipinski definition) is 2. The number of hydrogen-bond donors (Lipinski definition) is 1. The summed E-state index contributed by atoms with van der Waals surface area (Å²) in [5.41, 5.74) is 7.56. The molecule has 1 heterocycles. The lowest BCUT2D eigenvalue weighted by atomic mass is 9.98. The lowest BCUT2D eigenvalue weighted by molar-refractivity contribution is 0.658. The monoisotopic (exact) mass is 477 g/mol. The van der Waals surface area contributed by atoms with E-state index in [0.29, 0.717) is 5.92 Å². The summed E-state index contributed by atoms with van der Waals surface area (Å²) in [5, 5.41) is 10.9. The van der Waals surface area contributed by atoms with Crippen LogP contribution in [0.5, 0.6) is 0 Å². The van der Waals surface area contributed by atoms with Crippen LogP contribution >= 0.6 is 0 Å². The molecule has 0 amide bonds. The van der Waals surface area contributed by atoms with Crippen molar-refractivity contribution in [2.75, 3.05) is 5.32 Å². The van der Waals surface area contributed by atoms with Gasteiger partial charge in [0, 0.05) is 16.5 Å². The second kappa shape index (κ2) is 8.53. The minimum atomic E-state index is 0.384. The molecule has 0 saturated carbocycles. The summed E-state index contributed by atoms with van der Waals surface area (Å²) in [5.74, 6) is 0.384. The van der Waals surface area contributed by atoms with E-state index in [4.69, 9.17) is 4.42 Å². The van der Waals surface area contributed by atoms with Crippen molar-refractivity contribution in [3.05, 3.63) is 121 Å². The number of anilines is 2. The maximum absolute atomic E-state index is 6.63. The summed E-state index contributed by atoms with van der Waals surface area (Å²) in [7, 11) is 0. The van der Waals surface area contributed by atoms with Gasteiger partial charge in [0.1, 0.15) is 5.58 Å². The van der Waals surface area contributed by atoms with Crippen molar-refractivity contribution < 1.29 is 4.42 Å². The number of fused-ring (bicyclic) bond motifs is 6. The Morgan fingerprint density at radius 2 is 1.27 bits per heavy atom. The molecular weight excluding hydrogens is 450 g/mol. The third-order valence-corrected chi connectivity index (χ3v) is 7.39. The number of nitrogens with one attached hydrogen (secondary N) is 1. The molecular formula is C35H27NO. The van der Waals surface area contributed by atoms with Gasteiger partial charge in [0.15, 0.2) is 5.58 Å². The van der Waals surface area contributed by atoms with Gasteiger partial charge in [-0.3, -0.25) is 0 Å². The largest absolute Gasteiger partial charge is 0.454 e. The fraction of sp³-hybridized carbons (Fsp3) is 0.0857. The van der Waals surface area contributed by atoms with Gasteiger partial charge < -0.3 is 9.73 Å². The van der Waals surface area contributed by atoms with Crippen molar-refractivity contribution in [2.45, 2.75) is 19.8 Å². The first-order chi connectivity index (χ1) is 18.2. The van der Waals surface area contributed by atoms with Crippen molar-refractivity contribution in [1.82, 2.24) is 0 Å². The molecule has 0 atom stereocenters. The molecule has 0 spiro atoms. The molecule has 178 valence electrons. The fourth-order valence-corrected chi connectivity index (χ4v) is 5.49. The maximum Gasteiger partial charge on any atom is 0.159 e. The Kier molecular flexibility index (Phi) is 5.00. The van der Waals surface area contributed by atoms with Crippen LogP contribution in [0.3, 0.4) is 0 Å². The molecule has 0 fully saturated rings. The van der Waals surface area contributed by atoms with Gasteiger partial charge in [-0.15, -0.1) is 0 Å². The fourth-order valence-electron chi connectivity index (χ4n) is 5.49. The lowest BCUT2D eigenvalue weighted by Gasteiger charge is -2.11. The van der Waals surface area contributed by atoms with Crippen molar-refractivity contribution in [1.29, 1.82) is 0 Å². The van der Waals surface area contributed by atoms with Gasteiger partial charge in [0.2, 0.25) is 0 Å². The van der Waals surface area contributed by atoms with Crippen LogP contribution in [0.15, 0.2) is 120 Å². The zero-order valence-electron chi connectivity index (χ0n) is 21.0. The Labute approximate surface area is 216 Å². The molecule has 0 radical (unpaired) electrons. The molecule has 7 rings (SSSR count). The van der Waals surface area contributed by atoms with Crippen molar-refractivity contribution >= 4 is 54.9 Å². The predicted octanol–water partition coefficient (Wildman–Crippen LogP) is 10.4. The minimum absolute atomic E-state index is 0.384. The highest BCUT2D eigenvalue weighted by atomic mass is 16.3. The Hall–Kier alpha value is -4.56. The molecule has 0 unspecified atom stereocenters. The number of para-hydroxylation sites is 1. The van der Waals surface area contributed by atoms with E-state index in [1.807, 2.05) is 0 Å². The average molecular weight is 478 g/mol. The zero-order chi connectivity index (χ0) is 24.9. The van der Waals surface area contributed by atoms with Crippen LogP contribution < -0.4 is 5.32 Å². The van der Waals surface area contributed by atoms with Gasteiger partial charge >= 0.3 is 0 Å². The van der Waals surface area contributed by atoms with E-state index in [2.05, 4.69) is 134 Å². The SMILES string of the molecule is CC(C)c1cccc2c1oc1c(Nc3ccc(-c4ccc5ccccc5c4)cc3)cc3ccccc3c12. The standard InChI is InChI=1S/C35H27NO/c1-22(2)29-12-7-13-31-33-30-11-6-5-10-27(30)21-32(35(33)37-34(29)31)36-28-18-16-24(17-19-28)26-15-14-23-8-3-4-9-25(23)20-26/h3-22,36H,1-2H3. The molecule has 0 saturated heterocycles. The van der Waals surface area contributed by atoms with Crippen molar-refractivity contribution in [3.63, 3.8) is 0 Å². The topological polar surface area (TPSA) is 25.2 Å². The highest BCUT2D eigenvalue weighted by molar-refractivity contribution is 6.22. The lowest BCUT2D eigenvalue weighted by Crippen LogP contribution is -1.91. The van der Waals surface area contributed by atoms with Crippen LogP contribution in [0.2, 0.25) is 0 Å². The van der Waals surface area contributed by atoms with Gasteiger partial charge in [0.25, 0.3) is 0 Å². The Bertz CT molecular complexity index is 1930. The third kappa shape index (κ3) is 3.65. The van der Waals surface area contributed by atoms with Gasteiger partial charge in [-0.05, 0) is 68.4 Å². The average Bonchev–Trinajstić information content (AvgIpc) is 3.34. The van der Waals surface area contributed by atoms with Crippen LogP contribution in [-0.2, 0) is 0 Å². The first-order valence-electron chi connectivity index (χ1n) is 12.9. The second-order valence-electron chi connectivity index (χ2n) is 10.1. The van der Waals surface area contributed by atoms with E-state index in [1.165, 1.54) is 49.0 Å². The van der Waals surface area contributed by atoms with Gasteiger partial charge in [0.05, 0.1) is 5.69 Å². The molecule has 0 aliphatic rings. The second-order valence-corrected chi connectivity index (χ2v) is 10.1. The maximum atomic E-state index is 6.63. The van der Waals surface area contributed by atoms with Crippen LogP contribution in [0, 0.1) is 0 Å². The summed E-state index contributed by atoms with van der Waals surface area (Å²) in [6.45, 7) is 4.44. The molecule has 2 nitrogen and oxygen atoms in total. The van der Waals surface area contributed by atoms with Crippen LogP contribution in [0.25, 0.3) is 54.6 Å². The molecule has 0 aliphatic carbocycles. The molecule has 1 aromatic heterocycles. The summed E-state index contributed by atoms with van der Waals surface area (Å²) in [6.07, 6.45) is 0. The van der Waals surface area contributed by atoms with Gasteiger partial charge in [-0.1, -0.05) is 105 Å². The minimum Gasteiger partial charge on any atom is -0.454 e. The van der Waals surface area contributed by atoms with E-state index in [1.54, 1.807) is 0 Å². The molecule has 2 heteroatoms. The highest BCUT2D eigenvalue weighted by Gasteiger charge is 2.18. The summed E-state index contributed by atoms with van der Waals surface area (Å²) >= 11 is 0. The van der Waals surface area contributed by atoms with Crippen molar-refractivity contribution in [3.8, 4) is 11.1 Å². The summed E-state index contributed by atoms with van der Waals surface area (Å²) in [6, 6.07) is 41.0. The number of furan rings is 1. The molecule has 6 aromatic carbocycles. The van der Waals surface area contributed by atoms with Crippen molar-refractivity contribution in [2.24, 2.45) is 0 Å². The van der Waals surface area contributed by atoms with E-state index < -0.39 is 0 Å². The van der Waals surface area contributed by atoms with Gasteiger partial charge in [-0.2, -0.15) is 0 Å². The molecule has 0 aliphatic heterocycles. The quantitative estimate of drug-likeness (QED) is 0.273. The first kappa shape index (κ1) is 21.7. The normalized spacial score (nSPS) is 11.8. The number of rotatable bonds is 4. The van der Waals surface area contributed by atoms with E-state index in [9.17, 15) is 0 Å². The van der Waals surface area contributed by atoms with Crippen LogP contribution in [0.4, 0.5) is 11.4 Å². The van der Waals surface area contributed by atoms with Gasteiger partial charge in [-0.25, -0.2) is 0 Å². The first-order valence-corrected chi connectivity index (χ1v) is 12.9. The molecule has 1 N–H and O–H groups in total.